The number of phosphoric ester groups is 1. The van der Waals surface area contributed by atoms with Crippen LogP contribution in [-0.2, 0) is 18.4 Å². The Bertz CT molecular complexity index is 1030. The van der Waals surface area contributed by atoms with E-state index in [1.54, 1.807) is 6.08 Å². The van der Waals surface area contributed by atoms with Gasteiger partial charge in [0.25, 0.3) is 0 Å². The van der Waals surface area contributed by atoms with Crippen LogP contribution in [-0.4, -0.2) is 59.0 Å². The lowest BCUT2D eigenvalue weighted by atomic mass is 10.1. The highest BCUT2D eigenvalue weighted by molar-refractivity contribution is 7.47. The maximum Gasteiger partial charge on any atom is 0.472 e. The summed E-state index contributed by atoms with van der Waals surface area (Å²) < 4.78 is 22.0. The lowest BCUT2D eigenvalue weighted by Crippen LogP contribution is -2.46. The second-order valence-electron chi connectivity index (χ2n) is 14.0. The molecule has 4 unspecified atom stereocenters. The molecule has 0 heterocycles. The van der Waals surface area contributed by atoms with Crippen molar-refractivity contribution in [2.75, 3.05) is 19.8 Å². The molecule has 10 heteroatoms. The van der Waals surface area contributed by atoms with Crippen molar-refractivity contribution in [1.82, 2.24) is 5.32 Å². The minimum atomic E-state index is -4.42. The van der Waals surface area contributed by atoms with Gasteiger partial charge in [0, 0.05) is 6.54 Å². The van der Waals surface area contributed by atoms with Crippen LogP contribution in [0.1, 0.15) is 168 Å². The van der Waals surface area contributed by atoms with Gasteiger partial charge in [0.15, 0.2) is 0 Å². The summed E-state index contributed by atoms with van der Waals surface area (Å²) >= 11 is 0. The summed E-state index contributed by atoms with van der Waals surface area (Å²) in [4.78, 5) is 22.6. The van der Waals surface area contributed by atoms with Crippen molar-refractivity contribution in [3.05, 3.63) is 60.8 Å². The first kappa shape index (κ1) is 51.2. The van der Waals surface area contributed by atoms with E-state index in [2.05, 4.69) is 55.6 Å². The average molecular weight is 767 g/mol. The van der Waals surface area contributed by atoms with Gasteiger partial charge in [-0.05, 0) is 57.8 Å². The molecule has 0 saturated carbocycles. The van der Waals surface area contributed by atoms with Gasteiger partial charge >= 0.3 is 7.82 Å². The molecule has 0 rings (SSSR count). The Balaban J connectivity index is 4.51. The van der Waals surface area contributed by atoms with E-state index in [1.807, 2.05) is 12.2 Å². The van der Waals surface area contributed by atoms with Crippen molar-refractivity contribution in [3.8, 4) is 0 Å². The van der Waals surface area contributed by atoms with Gasteiger partial charge in [-0.15, -0.1) is 0 Å². The maximum absolute atomic E-state index is 12.7. The summed E-state index contributed by atoms with van der Waals surface area (Å²) in [5, 5.41) is 23.8. The molecule has 0 saturated heterocycles. The van der Waals surface area contributed by atoms with Gasteiger partial charge in [-0.2, -0.15) is 0 Å². The number of phosphoric acid groups is 1. The first-order chi connectivity index (χ1) is 25.8. The Morgan fingerprint density at radius 2 is 1.11 bits per heavy atom. The van der Waals surface area contributed by atoms with Gasteiger partial charge in [-0.3, -0.25) is 13.8 Å². The zero-order valence-corrected chi connectivity index (χ0v) is 34.5. The van der Waals surface area contributed by atoms with Crippen LogP contribution in [0.5, 0.6) is 0 Å². The minimum Gasteiger partial charge on any atom is -0.389 e. The number of aliphatic hydroxyl groups is 2. The van der Waals surface area contributed by atoms with E-state index in [4.69, 9.17) is 14.8 Å². The monoisotopic (exact) mass is 767 g/mol. The maximum atomic E-state index is 12.7. The van der Waals surface area contributed by atoms with E-state index < -0.39 is 38.6 Å². The molecule has 0 aromatic carbocycles. The quantitative estimate of drug-likeness (QED) is 0.0237. The molecule has 0 aliphatic heterocycles. The lowest BCUT2D eigenvalue weighted by molar-refractivity contribution is -0.124. The fourth-order valence-electron chi connectivity index (χ4n) is 5.68. The lowest BCUT2D eigenvalue weighted by Gasteiger charge is -2.23. The molecule has 4 atom stereocenters. The molecule has 0 aromatic heterocycles. The van der Waals surface area contributed by atoms with Crippen LogP contribution in [0, 0.1) is 0 Å². The SMILES string of the molecule is CCCCCCCC/C=C\C/C=C\C(O)CC(=O)NC(COP(=O)(O)OCCN)C(O)/C=C/CC/C=C/CC/C=C/CCCCCCCCCCCC. The number of nitrogens with one attached hydrogen (secondary N) is 1. The van der Waals surface area contributed by atoms with Crippen molar-refractivity contribution >= 4 is 13.7 Å². The van der Waals surface area contributed by atoms with Gasteiger partial charge in [0.2, 0.25) is 5.91 Å². The number of carbonyl (C=O) groups excluding carboxylic acids is 1. The van der Waals surface area contributed by atoms with Gasteiger partial charge in [-0.25, -0.2) is 4.57 Å². The third kappa shape index (κ3) is 36.9. The van der Waals surface area contributed by atoms with Gasteiger partial charge in [0.1, 0.15) is 0 Å². The molecule has 308 valence electrons. The second kappa shape index (κ2) is 38.4. The van der Waals surface area contributed by atoms with Crippen molar-refractivity contribution in [2.45, 2.75) is 186 Å². The third-order valence-corrected chi connectivity index (χ3v) is 9.84. The van der Waals surface area contributed by atoms with E-state index in [0.29, 0.717) is 12.8 Å². The van der Waals surface area contributed by atoms with Crippen LogP contribution in [0.3, 0.4) is 0 Å². The number of rotatable bonds is 38. The van der Waals surface area contributed by atoms with E-state index >= 15 is 0 Å². The first-order valence-electron chi connectivity index (χ1n) is 21.0. The average Bonchev–Trinajstić information content (AvgIpc) is 3.13. The summed E-state index contributed by atoms with van der Waals surface area (Å²) in [5.74, 6) is -0.530. The number of unbranched alkanes of at least 4 members (excludes halogenated alkanes) is 18. The molecule has 0 fully saturated rings. The Morgan fingerprint density at radius 3 is 1.64 bits per heavy atom. The van der Waals surface area contributed by atoms with Crippen molar-refractivity contribution in [1.29, 1.82) is 0 Å². The number of carbonyl (C=O) groups is 1. The fourth-order valence-corrected chi connectivity index (χ4v) is 6.44. The number of hydrogen-bond acceptors (Lipinski definition) is 7. The van der Waals surface area contributed by atoms with Gasteiger partial charge in [0.05, 0.1) is 37.9 Å². The Kier molecular flexibility index (Phi) is 37.1. The van der Waals surface area contributed by atoms with Crippen LogP contribution in [0.25, 0.3) is 0 Å². The first-order valence-corrected chi connectivity index (χ1v) is 22.5. The molecule has 1 amide bonds. The molecule has 53 heavy (non-hydrogen) atoms. The molecule has 0 radical (unpaired) electrons. The number of allylic oxidation sites excluding steroid dienone is 8. The molecule has 0 aromatic rings. The van der Waals surface area contributed by atoms with Crippen molar-refractivity contribution < 1.29 is 33.5 Å². The van der Waals surface area contributed by atoms with Crippen molar-refractivity contribution in [3.63, 3.8) is 0 Å². The van der Waals surface area contributed by atoms with E-state index in [9.17, 15) is 24.5 Å². The predicted octanol–water partition coefficient (Wildman–Crippen LogP) is 10.5. The van der Waals surface area contributed by atoms with E-state index in [1.165, 1.54) is 109 Å². The topological polar surface area (TPSA) is 151 Å². The highest BCUT2D eigenvalue weighted by Crippen LogP contribution is 2.43. The van der Waals surface area contributed by atoms with Gasteiger partial charge in [-0.1, -0.05) is 164 Å². The summed E-state index contributed by atoms with van der Waals surface area (Å²) in [7, 11) is -4.42. The Hall–Kier alpha value is -1.84. The van der Waals surface area contributed by atoms with Crippen LogP contribution in [0.2, 0.25) is 0 Å². The highest BCUT2D eigenvalue weighted by Gasteiger charge is 2.27. The zero-order valence-electron chi connectivity index (χ0n) is 33.6. The molecular weight excluding hydrogens is 687 g/mol. The molecule has 0 spiro atoms. The van der Waals surface area contributed by atoms with Crippen LogP contribution < -0.4 is 11.1 Å². The number of amides is 1. The molecule has 9 nitrogen and oxygen atoms in total. The smallest absolute Gasteiger partial charge is 0.389 e. The van der Waals surface area contributed by atoms with E-state index in [-0.39, 0.29) is 19.6 Å². The van der Waals surface area contributed by atoms with E-state index in [0.717, 1.165) is 32.1 Å². The normalized spacial score (nSPS) is 15.4. The Labute approximate surface area is 324 Å². The number of hydrogen-bond donors (Lipinski definition) is 5. The second-order valence-corrected chi connectivity index (χ2v) is 15.5. The summed E-state index contributed by atoms with van der Waals surface area (Å²) in [5.41, 5.74) is 5.34. The Morgan fingerprint density at radius 1 is 0.642 bits per heavy atom. The summed E-state index contributed by atoms with van der Waals surface area (Å²) in [6, 6.07) is -1.04. The zero-order chi connectivity index (χ0) is 39.1. The summed E-state index contributed by atoms with van der Waals surface area (Å²) in [6.45, 7) is 3.86. The van der Waals surface area contributed by atoms with Crippen LogP contribution in [0.15, 0.2) is 60.8 Å². The standard InChI is InChI=1S/C43H79N2O7P/c1-3-5-7-9-11-13-15-16-17-18-19-20-21-22-23-25-27-29-31-33-35-42(47)41(39-52-53(49,50)51-37-36-44)45-43(48)38-40(46)34-32-30-28-26-24-14-12-10-8-6-4-2/h20-21,25-28,32-35,40-42,46-47H,3-19,22-24,29-31,36-39,44H2,1-2H3,(H,45,48)(H,49,50)/b21-20+,27-25+,28-26-,34-32-,35-33+. The summed E-state index contributed by atoms with van der Waals surface area (Å²) in [6.07, 6.45) is 44.9. The number of aliphatic hydroxyl groups excluding tert-OH is 2. The van der Waals surface area contributed by atoms with Crippen molar-refractivity contribution in [2.24, 2.45) is 5.73 Å². The fraction of sp³-hybridized carbons (Fsp3) is 0.744. The predicted molar refractivity (Wildman–Crippen MR) is 223 cm³/mol. The van der Waals surface area contributed by atoms with Crippen LogP contribution in [0.4, 0.5) is 0 Å². The molecule has 0 bridgehead atoms. The molecule has 0 aliphatic rings. The highest BCUT2D eigenvalue weighted by atomic mass is 31.2. The largest absolute Gasteiger partial charge is 0.472 e. The molecule has 0 aliphatic carbocycles. The van der Waals surface area contributed by atoms with Crippen LogP contribution >= 0.6 is 7.82 Å². The van der Waals surface area contributed by atoms with Gasteiger partial charge < -0.3 is 26.2 Å². The third-order valence-electron chi connectivity index (χ3n) is 8.86. The number of nitrogens with two attached hydrogens (primary N) is 1. The molecule has 6 N–H and O–H groups in total. The minimum absolute atomic E-state index is 0.0321. The molecular formula is C43H79N2O7P.